The molecule has 0 spiro atoms. The Hall–Kier alpha value is -2.09. The van der Waals surface area contributed by atoms with E-state index in [0.29, 0.717) is 18.8 Å². The lowest BCUT2D eigenvalue weighted by molar-refractivity contribution is 0.102. The summed E-state index contributed by atoms with van der Waals surface area (Å²) in [7, 11) is 0.197. The molecule has 8 heteroatoms. The summed E-state index contributed by atoms with van der Waals surface area (Å²) in [4.78, 5) is 14.8. The van der Waals surface area contributed by atoms with Gasteiger partial charge in [0.1, 0.15) is 0 Å². The van der Waals surface area contributed by atoms with Crippen molar-refractivity contribution in [2.24, 2.45) is 0 Å². The first-order valence-electron chi connectivity index (χ1n) is 9.00. The maximum Gasteiger partial charge on any atom is 0.257 e. The van der Waals surface area contributed by atoms with Crippen molar-refractivity contribution in [3.8, 4) is 0 Å². The molecular formula is C20H26ClN3O3S. The zero-order valence-corrected chi connectivity index (χ0v) is 18.4. The van der Waals surface area contributed by atoms with Gasteiger partial charge in [0.05, 0.1) is 15.5 Å². The molecule has 6 nitrogen and oxygen atoms in total. The molecule has 0 saturated carbocycles. The van der Waals surface area contributed by atoms with E-state index in [0.717, 1.165) is 11.3 Å². The highest BCUT2D eigenvalue weighted by molar-refractivity contribution is 7.89. The average molecular weight is 424 g/mol. The van der Waals surface area contributed by atoms with Gasteiger partial charge in [0.15, 0.2) is 0 Å². The Morgan fingerprint density at radius 2 is 1.71 bits per heavy atom. The van der Waals surface area contributed by atoms with Crippen LogP contribution in [-0.2, 0) is 10.0 Å². The number of sulfonamides is 1. The third kappa shape index (κ3) is 4.66. The molecule has 2 aromatic rings. The summed E-state index contributed by atoms with van der Waals surface area (Å²) < 4.78 is 26.8. The molecule has 1 amide bonds. The van der Waals surface area contributed by atoms with Crippen LogP contribution >= 0.6 is 11.6 Å². The van der Waals surface area contributed by atoms with Gasteiger partial charge in [-0.1, -0.05) is 25.4 Å². The normalized spacial score (nSPS) is 11.5. The predicted octanol–water partition coefficient (Wildman–Crippen LogP) is 4.00. The molecule has 0 aliphatic rings. The van der Waals surface area contributed by atoms with Gasteiger partial charge in [0.25, 0.3) is 5.91 Å². The topological polar surface area (TPSA) is 69.7 Å². The number of anilines is 2. The molecular weight excluding hydrogens is 398 g/mol. The summed E-state index contributed by atoms with van der Waals surface area (Å²) >= 11 is 6.19. The molecule has 0 saturated heterocycles. The summed E-state index contributed by atoms with van der Waals surface area (Å²) in [5.74, 6) is -0.456. The second-order valence-electron chi connectivity index (χ2n) is 6.58. The van der Waals surface area contributed by atoms with Crippen molar-refractivity contribution in [1.29, 1.82) is 0 Å². The van der Waals surface area contributed by atoms with Gasteiger partial charge >= 0.3 is 0 Å². The Balaban J connectivity index is 2.36. The van der Waals surface area contributed by atoms with E-state index in [1.807, 2.05) is 44.1 Å². The molecule has 0 radical (unpaired) electrons. The van der Waals surface area contributed by atoms with Crippen molar-refractivity contribution in [2.45, 2.75) is 25.7 Å². The van der Waals surface area contributed by atoms with Crippen molar-refractivity contribution in [3.63, 3.8) is 0 Å². The summed E-state index contributed by atoms with van der Waals surface area (Å²) in [5.41, 5.74) is 2.66. The SMILES string of the molecule is CCN(CC)S(=O)(=O)c1ccc(Cl)c(C(=O)Nc2ccc(N(C)C)cc2C)c1. The number of amides is 1. The minimum atomic E-state index is -3.68. The first-order chi connectivity index (χ1) is 13.1. The maximum atomic E-state index is 12.8. The van der Waals surface area contributed by atoms with Gasteiger partial charge < -0.3 is 10.2 Å². The number of rotatable bonds is 7. The van der Waals surface area contributed by atoms with E-state index in [2.05, 4.69) is 5.32 Å². The highest BCUT2D eigenvalue weighted by Gasteiger charge is 2.24. The molecule has 0 aromatic heterocycles. The number of nitrogens with one attached hydrogen (secondary N) is 1. The first kappa shape index (κ1) is 22.2. The fraction of sp³-hybridized carbons (Fsp3) is 0.350. The number of hydrogen-bond acceptors (Lipinski definition) is 4. The van der Waals surface area contributed by atoms with Gasteiger partial charge in [-0.05, 0) is 48.9 Å². The predicted molar refractivity (Wildman–Crippen MR) is 115 cm³/mol. The van der Waals surface area contributed by atoms with Gasteiger partial charge in [-0.3, -0.25) is 4.79 Å². The van der Waals surface area contributed by atoms with Crippen LogP contribution in [0.1, 0.15) is 29.8 Å². The summed E-state index contributed by atoms with van der Waals surface area (Å²) in [6, 6.07) is 9.85. The van der Waals surface area contributed by atoms with E-state index in [9.17, 15) is 13.2 Å². The number of halogens is 1. The van der Waals surface area contributed by atoms with Crippen LogP contribution < -0.4 is 10.2 Å². The van der Waals surface area contributed by atoms with E-state index < -0.39 is 15.9 Å². The van der Waals surface area contributed by atoms with Crippen LogP contribution in [0.5, 0.6) is 0 Å². The van der Waals surface area contributed by atoms with E-state index in [4.69, 9.17) is 11.6 Å². The van der Waals surface area contributed by atoms with Gasteiger partial charge in [-0.15, -0.1) is 0 Å². The van der Waals surface area contributed by atoms with Gasteiger partial charge in [-0.2, -0.15) is 4.31 Å². The second kappa shape index (κ2) is 8.94. The van der Waals surface area contributed by atoms with Gasteiger partial charge in [0, 0.05) is 38.6 Å². The van der Waals surface area contributed by atoms with Crippen LogP contribution in [0.2, 0.25) is 5.02 Å². The van der Waals surface area contributed by atoms with Crippen LogP contribution in [0.4, 0.5) is 11.4 Å². The van der Waals surface area contributed by atoms with Gasteiger partial charge in [0.2, 0.25) is 10.0 Å². The van der Waals surface area contributed by atoms with Crippen LogP contribution in [0.3, 0.4) is 0 Å². The molecule has 0 bridgehead atoms. The number of carbonyl (C=O) groups is 1. The van der Waals surface area contributed by atoms with Crippen molar-refractivity contribution >= 4 is 38.9 Å². The van der Waals surface area contributed by atoms with E-state index in [1.54, 1.807) is 13.8 Å². The Labute approximate surface area is 172 Å². The number of carbonyl (C=O) groups excluding carboxylic acids is 1. The highest BCUT2D eigenvalue weighted by Crippen LogP contribution is 2.26. The quantitative estimate of drug-likeness (QED) is 0.730. The van der Waals surface area contributed by atoms with Crippen molar-refractivity contribution in [1.82, 2.24) is 4.31 Å². The van der Waals surface area contributed by atoms with Gasteiger partial charge in [-0.25, -0.2) is 8.42 Å². The molecule has 0 aliphatic heterocycles. The zero-order chi connectivity index (χ0) is 21.1. The maximum absolute atomic E-state index is 12.8. The lowest BCUT2D eigenvalue weighted by Gasteiger charge is -2.19. The van der Waals surface area contributed by atoms with Crippen LogP contribution in [-0.4, -0.2) is 45.8 Å². The van der Waals surface area contributed by atoms with Crippen LogP contribution in [0, 0.1) is 6.92 Å². The molecule has 0 atom stereocenters. The Bertz CT molecular complexity index is 971. The Morgan fingerprint density at radius 1 is 1.07 bits per heavy atom. The highest BCUT2D eigenvalue weighted by atomic mass is 35.5. The Kier molecular flexibility index (Phi) is 7.09. The number of hydrogen-bond donors (Lipinski definition) is 1. The molecule has 0 fully saturated rings. The average Bonchev–Trinajstić information content (AvgIpc) is 2.64. The largest absolute Gasteiger partial charge is 0.378 e. The molecule has 28 heavy (non-hydrogen) atoms. The number of nitrogens with zero attached hydrogens (tertiary/aromatic N) is 2. The molecule has 2 rings (SSSR count). The smallest absolute Gasteiger partial charge is 0.257 e. The van der Waals surface area contributed by atoms with E-state index in [-0.39, 0.29) is 15.5 Å². The van der Waals surface area contributed by atoms with Crippen LogP contribution in [0.15, 0.2) is 41.3 Å². The first-order valence-corrected chi connectivity index (χ1v) is 10.8. The van der Waals surface area contributed by atoms with Crippen molar-refractivity contribution < 1.29 is 13.2 Å². The zero-order valence-electron chi connectivity index (χ0n) is 16.8. The third-order valence-corrected chi connectivity index (χ3v) is 6.88. The summed E-state index contributed by atoms with van der Waals surface area (Å²) in [6.07, 6.45) is 0. The number of aryl methyl sites for hydroxylation is 1. The summed E-state index contributed by atoms with van der Waals surface area (Å²) in [6.45, 7) is 6.13. The molecule has 0 aliphatic carbocycles. The number of benzene rings is 2. The molecule has 1 N–H and O–H groups in total. The fourth-order valence-corrected chi connectivity index (χ4v) is 4.50. The van der Waals surface area contributed by atoms with Crippen molar-refractivity contribution in [3.05, 3.63) is 52.5 Å². The molecule has 0 unspecified atom stereocenters. The fourth-order valence-electron chi connectivity index (χ4n) is 2.81. The molecule has 0 heterocycles. The third-order valence-electron chi connectivity index (χ3n) is 4.50. The van der Waals surface area contributed by atoms with E-state index >= 15 is 0 Å². The minimum Gasteiger partial charge on any atom is -0.378 e. The lowest BCUT2D eigenvalue weighted by Crippen LogP contribution is -2.30. The van der Waals surface area contributed by atoms with Crippen LogP contribution in [0.25, 0.3) is 0 Å². The molecule has 2 aromatic carbocycles. The summed E-state index contributed by atoms with van der Waals surface area (Å²) in [5, 5.41) is 3.01. The standard InChI is InChI=1S/C20H26ClN3O3S/c1-6-24(7-2)28(26,27)16-9-10-18(21)17(13-16)20(25)22-19-11-8-15(23(4)5)12-14(19)3/h8-13H,6-7H2,1-5H3,(H,22,25). The monoisotopic (exact) mass is 423 g/mol. The Morgan fingerprint density at radius 3 is 2.25 bits per heavy atom. The van der Waals surface area contributed by atoms with E-state index in [1.165, 1.54) is 22.5 Å². The lowest BCUT2D eigenvalue weighted by atomic mass is 10.1. The second-order valence-corrected chi connectivity index (χ2v) is 8.92. The molecule has 152 valence electrons. The van der Waals surface area contributed by atoms with Crippen molar-refractivity contribution in [2.75, 3.05) is 37.4 Å². The minimum absolute atomic E-state index is 0.0467.